The molecule has 0 aliphatic carbocycles. The predicted octanol–water partition coefficient (Wildman–Crippen LogP) is 3.62. The third-order valence-corrected chi connectivity index (χ3v) is 5.36. The van der Waals surface area contributed by atoms with Gasteiger partial charge in [0.05, 0.1) is 16.9 Å². The van der Waals surface area contributed by atoms with Crippen molar-refractivity contribution in [3.63, 3.8) is 0 Å². The van der Waals surface area contributed by atoms with Crippen LogP contribution in [-0.4, -0.2) is 15.5 Å². The van der Waals surface area contributed by atoms with Gasteiger partial charge in [0.15, 0.2) is 0 Å². The van der Waals surface area contributed by atoms with E-state index < -0.39 is 11.2 Å². The molecule has 0 aliphatic rings. The number of fused-ring (bicyclic) bond motifs is 1. The molecule has 6 nitrogen and oxygen atoms in total. The van der Waals surface area contributed by atoms with Gasteiger partial charge in [0.25, 0.3) is 5.56 Å². The summed E-state index contributed by atoms with van der Waals surface area (Å²) in [5.74, 6) is -0.165. The molecule has 0 fully saturated rings. The smallest absolute Gasteiger partial charge is 0.328 e. The van der Waals surface area contributed by atoms with E-state index in [1.165, 1.54) is 4.57 Å². The largest absolute Gasteiger partial charge is 0.350 e. The van der Waals surface area contributed by atoms with Gasteiger partial charge in [0.1, 0.15) is 0 Å². The van der Waals surface area contributed by atoms with Gasteiger partial charge in [-0.05, 0) is 35.7 Å². The molecule has 6 heteroatoms. The van der Waals surface area contributed by atoms with Crippen LogP contribution >= 0.6 is 0 Å². The number of rotatable bonds is 6. The zero-order valence-electron chi connectivity index (χ0n) is 17.2. The van der Waals surface area contributed by atoms with E-state index in [4.69, 9.17) is 0 Å². The maximum atomic E-state index is 12.5. The Morgan fingerprint density at radius 2 is 1.55 bits per heavy atom. The van der Waals surface area contributed by atoms with Crippen molar-refractivity contribution in [1.29, 1.82) is 0 Å². The van der Waals surface area contributed by atoms with Crippen molar-refractivity contribution < 1.29 is 4.79 Å². The molecule has 3 aromatic carbocycles. The van der Waals surface area contributed by atoms with E-state index in [1.54, 1.807) is 24.3 Å². The highest BCUT2D eigenvalue weighted by molar-refractivity contribution is 5.79. The maximum absolute atomic E-state index is 12.5. The average molecular weight is 413 g/mol. The second-order valence-corrected chi connectivity index (χ2v) is 7.46. The number of para-hydroxylation sites is 1. The van der Waals surface area contributed by atoms with Gasteiger partial charge >= 0.3 is 5.69 Å². The van der Waals surface area contributed by atoms with Crippen molar-refractivity contribution in [3.8, 4) is 11.1 Å². The highest BCUT2D eigenvalue weighted by Gasteiger charge is 2.12. The molecule has 0 spiro atoms. The number of benzene rings is 3. The van der Waals surface area contributed by atoms with Crippen molar-refractivity contribution in [2.75, 3.05) is 0 Å². The van der Waals surface area contributed by atoms with E-state index in [-0.39, 0.29) is 24.9 Å². The molecule has 156 valence electrons. The van der Waals surface area contributed by atoms with Gasteiger partial charge in [-0.1, -0.05) is 66.7 Å². The molecule has 2 N–H and O–H groups in total. The van der Waals surface area contributed by atoms with Crippen LogP contribution in [0.15, 0.2) is 88.5 Å². The molecular formula is C25H23N3O3. The van der Waals surface area contributed by atoms with Gasteiger partial charge in [-0.15, -0.1) is 0 Å². The Hall–Kier alpha value is -3.93. The molecule has 1 aromatic heterocycles. The molecule has 4 aromatic rings. The Kier molecular flexibility index (Phi) is 5.80. The summed E-state index contributed by atoms with van der Waals surface area (Å²) in [6.45, 7) is 2.11. The zero-order chi connectivity index (χ0) is 21.8. The summed E-state index contributed by atoms with van der Waals surface area (Å²) in [6, 6.07) is 24.9. The van der Waals surface area contributed by atoms with Gasteiger partial charge in [0, 0.05) is 13.0 Å². The minimum absolute atomic E-state index is 0.127. The minimum atomic E-state index is -0.513. The number of aromatic nitrogens is 2. The summed E-state index contributed by atoms with van der Waals surface area (Å²) in [6.07, 6.45) is 0.127. The van der Waals surface area contributed by atoms with Crippen LogP contribution in [0.5, 0.6) is 0 Å². The van der Waals surface area contributed by atoms with Gasteiger partial charge in [-0.3, -0.25) is 19.1 Å². The SMILES string of the molecule is CC(NC(=O)CCn1c(=O)[nH]c(=O)c2ccccc21)c1ccc(-c2ccccc2)cc1. The molecule has 4 rings (SSSR count). The number of nitrogens with zero attached hydrogens (tertiary/aromatic N) is 1. The van der Waals surface area contributed by atoms with Crippen molar-refractivity contribution in [1.82, 2.24) is 14.9 Å². The van der Waals surface area contributed by atoms with Crippen molar-refractivity contribution in [2.45, 2.75) is 25.9 Å². The molecule has 1 heterocycles. The van der Waals surface area contributed by atoms with Gasteiger partial charge in [-0.2, -0.15) is 0 Å². The third kappa shape index (κ3) is 4.48. The van der Waals surface area contributed by atoms with Crippen molar-refractivity contribution in [2.24, 2.45) is 0 Å². The Morgan fingerprint density at radius 3 is 2.29 bits per heavy atom. The number of H-pyrrole nitrogens is 1. The number of aromatic amines is 1. The molecule has 0 bridgehead atoms. The van der Waals surface area contributed by atoms with E-state index >= 15 is 0 Å². The quantitative estimate of drug-likeness (QED) is 0.506. The van der Waals surface area contributed by atoms with E-state index in [0.29, 0.717) is 10.9 Å². The van der Waals surface area contributed by atoms with E-state index in [0.717, 1.165) is 16.7 Å². The van der Waals surface area contributed by atoms with Crippen LogP contribution in [0.25, 0.3) is 22.0 Å². The summed E-state index contributed by atoms with van der Waals surface area (Å²) in [7, 11) is 0. The lowest BCUT2D eigenvalue weighted by atomic mass is 10.0. The zero-order valence-corrected chi connectivity index (χ0v) is 17.2. The Morgan fingerprint density at radius 1 is 0.903 bits per heavy atom. The first-order valence-corrected chi connectivity index (χ1v) is 10.2. The van der Waals surface area contributed by atoms with Crippen molar-refractivity contribution in [3.05, 3.63) is 105 Å². The van der Waals surface area contributed by atoms with Crippen LogP contribution in [-0.2, 0) is 11.3 Å². The van der Waals surface area contributed by atoms with Crippen molar-refractivity contribution >= 4 is 16.8 Å². The highest BCUT2D eigenvalue weighted by atomic mass is 16.2. The summed E-state index contributed by atoms with van der Waals surface area (Å²) in [5, 5.41) is 3.40. The number of carbonyl (C=O) groups is 1. The number of aryl methyl sites for hydroxylation is 1. The van der Waals surface area contributed by atoms with E-state index in [2.05, 4.69) is 22.4 Å². The third-order valence-electron chi connectivity index (χ3n) is 5.36. The maximum Gasteiger partial charge on any atom is 0.328 e. The highest BCUT2D eigenvalue weighted by Crippen LogP contribution is 2.21. The fourth-order valence-corrected chi connectivity index (χ4v) is 3.67. The lowest BCUT2D eigenvalue weighted by Crippen LogP contribution is -2.33. The first-order valence-electron chi connectivity index (χ1n) is 10.2. The number of hydrogen-bond acceptors (Lipinski definition) is 3. The molecule has 0 aliphatic heterocycles. The van der Waals surface area contributed by atoms with Crippen LogP contribution in [0.1, 0.15) is 24.9 Å². The molecule has 0 saturated heterocycles. The molecule has 0 radical (unpaired) electrons. The second kappa shape index (κ2) is 8.83. The number of nitrogens with one attached hydrogen (secondary N) is 2. The van der Waals surface area contributed by atoms with Crippen LogP contribution in [0, 0.1) is 0 Å². The second-order valence-electron chi connectivity index (χ2n) is 7.46. The van der Waals surface area contributed by atoms with Crippen LogP contribution in [0.4, 0.5) is 0 Å². The predicted molar refractivity (Wildman–Crippen MR) is 122 cm³/mol. The Labute approximate surface area is 179 Å². The fraction of sp³-hybridized carbons (Fsp3) is 0.160. The van der Waals surface area contributed by atoms with Gasteiger partial charge in [0.2, 0.25) is 5.91 Å². The summed E-state index contributed by atoms with van der Waals surface area (Å²) >= 11 is 0. The van der Waals surface area contributed by atoms with Crippen LogP contribution < -0.4 is 16.6 Å². The number of carbonyl (C=O) groups excluding carboxylic acids is 1. The molecule has 1 unspecified atom stereocenters. The topological polar surface area (TPSA) is 84.0 Å². The van der Waals surface area contributed by atoms with Crippen LogP contribution in [0.2, 0.25) is 0 Å². The van der Waals surface area contributed by atoms with E-state index in [9.17, 15) is 14.4 Å². The standard InChI is InChI=1S/C25H23N3O3/c1-17(18-11-13-20(14-12-18)19-7-3-2-4-8-19)26-23(29)15-16-28-22-10-6-5-9-21(22)24(30)27-25(28)31/h2-14,17H,15-16H2,1H3,(H,26,29)(H,27,30,31). The number of amides is 1. The van der Waals surface area contributed by atoms with Gasteiger partial charge < -0.3 is 5.32 Å². The van der Waals surface area contributed by atoms with Gasteiger partial charge in [-0.25, -0.2) is 4.79 Å². The average Bonchev–Trinajstić information content (AvgIpc) is 2.79. The normalized spacial score (nSPS) is 11.9. The molecule has 1 amide bonds. The summed E-state index contributed by atoms with van der Waals surface area (Å²) in [4.78, 5) is 39.0. The first kappa shape index (κ1) is 20.3. The summed E-state index contributed by atoms with van der Waals surface area (Å²) < 4.78 is 1.43. The fourth-order valence-electron chi connectivity index (χ4n) is 3.67. The van der Waals surface area contributed by atoms with E-state index in [1.807, 2.05) is 49.4 Å². The first-order chi connectivity index (χ1) is 15.0. The van der Waals surface area contributed by atoms with Crippen LogP contribution in [0.3, 0.4) is 0 Å². The molecule has 0 saturated carbocycles. The molecule has 31 heavy (non-hydrogen) atoms. The minimum Gasteiger partial charge on any atom is -0.350 e. The Balaban J connectivity index is 1.42. The lowest BCUT2D eigenvalue weighted by Gasteiger charge is -2.16. The molecular weight excluding hydrogens is 390 g/mol. The number of hydrogen-bond donors (Lipinski definition) is 2. The molecule has 1 atom stereocenters. The summed E-state index contributed by atoms with van der Waals surface area (Å²) in [5.41, 5.74) is 2.85. The lowest BCUT2D eigenvalue weighted by molar-refractivity contribution is -0.121. The Bertz CT molecular complexity index is 1320. The monoisotopic (exact) mass is 413 g/mol.